The molecule has 1 aliphatic heterocycles. The summed E-state index contributed by atoms with van der Waals surface area (Å²) in [5, 5.41) is 0. The Bertz CT molecular complexity index is 511. The lowest BCUT2D eigenvalue weighted by atomic mass is 10.1. The summed E-state index contributed by atoms with van der Waals surface area (Å²) in [6.45, 7) is 5.26. The Labute approximate surface area is 139 Å². The third-order valence-electron chi connectivity index (χ3n) is 4.94. The minimum Gasteiger partial charge on any atom is -0.497 e. The number of benzene rings is 1. The second-order valence-electron chi connectivity index (χ2n) is 6.83. The monoisotopic (exact) mass is 316 g/mol. The van der Waals surface area contributed by atoms with E-state index in [1.807, 2.05) is 24.3 Å². The molecule has 2 fully saturated rings. The summed E-state index contributed by atoms with van der Waals surface area (Å²) in [7, 11) is 1.67. The van der Waals surface area contributed by atoms with Crippen LogP contribution in [0.15, 0.2) is 24.3 Å². The molecule has 0 spiro atoms. The first-order chi connectivity index (χ1) is 11.2. The number of rotatable bonds is 6. The first-order valence-electron chi connectivity index (χ1n) is 8.87. The van der Waals surface area contributed by atoms with E-state index in [0.717, 1.165) is 50.7 Å². The van der Waals surface area contributed by atoms with Gasteiger partial charge in [-0.15, -0.1) is 0 Å². The van der Waals surface area contributed by atoms with Crippen LogP contribution in [-0.4, -0.2) is 55.5 Å². The number of hydrogen-bond donors (Lipinski definition) is 0. The number of methoxy groups -OCH3 is 1. The van der Waals surface area contributed by atoms with Gasteiger partial charge in [-0.05, 0) is 55.8 Å². The standard InChI is InChI=1S/C19H28N2O2/c1-23-18-8-5-16(6-9-18)7-10-19(22)21-12-2-11-20(13-14-21)15-17-3-4-17/h5-6,8-9,17H,2-4,7,10-15H2,1H3. The Morgan fingerprint density at radius 3 is 2.61 bits per heavy atom. The number of hydrogen-bond acceptors (Lipinski definition) is 3. The summed E-state index contributed by atoms with van der Waals surface area (Å²) in [5.41, 5.74) is 1.20. The summed E-state index contributed by atoms with van der Waals surface area (Å²) < 4.78 is 5.17. The van der Waals surface area contributed by atoms with Crippen molar-refractivity contribution in [3.63, 3.8) is 0 Å². The molecule has 1 heterocycles. The van der Waals surface area contributed by atoms with Gasteiger partial charge in [-0.3, -0.25) is 4.79 Å². The van der Waals surface area contributed by atoms with Crippen LogP contribution in [0.2, 0.25) is 0 Å². The molecule has 1 saturated heterocycles. The molecule has 0 radical (unpaired) electrons. The number of carbonyl (C=O) groups is 1. The van der Waals surface area contributed by atoms with E-state index in [-0.39, 0.29) is 0 Å². The minimum atomic E-state index is 0.300. The molecule has 3 rings (SSSR count). The van der Waals surface area contributed by atoms with Gasteiger partial charge in [-0.2, -0.15) is 0 Å². The quantitative estimate of drug-likeness (QED) is 0.809. The fraction of sp³-hybridized carbons (Fsp3) is 0.632. The number of nitrogens with zero attached hydrogens (tertiary/aromatic N) is 2. The molecule has 0 atom stereocenters. The average molecular weight is 316 g/mol. The number of aryl methyl sites for hydroxylation is 1. The molecule has 0 bridgehead atoms. The van der Waals surface area contributed by atoms with Crippen LogP contribution in [0, 0.1) is 5.92 Å². The Balaban J connectivity index is 1.43. The van der Waals surface area contributed by atoms with Crippen molar-refractivity contribution in [1.29, 1.82) is 0 Å². The topological polar surface area (TPSA) is 32.8 Å². The molecule has 1 aliphatic carbocycles. The third-order valence-corrected chi connectivity index (χ3v) is 4.94. The van der Waals surface area contributed by atoms with Gasteiger partial charge in [0.2, 0.25) is 5.91 Å². The van der Waals surface area contributed by atoms with E-state index in [0.29, 0.717) is 12.3 Å². The summed E-state index contributed by atoms with van der Waals surface area (Å²) >= 11 is 0. The van der Waals surface area contributed by atoms with Crippen molar-refractivity contribution in [3.8, 4) is 5.75 Å². The molecule has 23 heavy (non-hydrogen) atoms. The van der Waals surface area contributed by atoms with Crippen LogP contribution in [0.25, 0.3) is 0 Å². The highest BCUT2D eigenvalue weighted by Gasteiger charge is 2.26. The van der Waals surface area contributed by atoms with E-state index in [4.69, 9.17) is 4.74 Å². The van der Waals surface area contributed by atoms with Crippen molar-refractivity contribution in [3.05, 3.63) is 29.8 Å². The Kier molecular flexibility index (Phi) is 5.55. The maximum atomic E-state index is 12.5. The third kappa shape index (κ3) is 4.96. The van der Waals surface area contributed by atoms with Crippen molar-refractivity contribution in [1.82, 2.24) is 9.80 Å². The van der Waals surface area contributed by atoms with Gasteiger partial charge in [0.15, 0.2) is 0 Å². The maximum absolute atomic E-state index is 12.5. The first-order valence-corrected chi connectivity index (χ1v) is 8.87. The van der Waals surface area contributed by atoms with E-state index in [1.54, 1.807) is 7.11 Å². The van der Waals surface area contributed by atoms with Crippen LogP contribution in [-0.2, 0) is 11.2 Å². The first kappa shape index (κ1) is 16.3. The van der Waals surface area contributed by atoms with Crippen LogP contribution in [0.1, 0.15) is 31.2 Å². The number of ether oxygens (including phenoxy) is 1. The second kappa shape index (κ2) is 7.82. The second-order valence-corrected chi connectivity index (χ2v) is 6.83. The zero-order chi connectivity index (χ0) is 16.1. The fourth-order valence-electron chi connectivity index (χ4n) is 3.27. The molecule has 1 aromatic carbocycles. The molecule has 4 nitrogen and oxygen atoms in total. The molecule has 0 unspecified atom stereocenters. The van der Waals surface area contributed by atoms with Crippen LogP contribution in [0.3, 0.4) is 0 Å². The summed E-state index contributed by atoms with van der Waals surface area (Å²) in [6.07, 6.45) is 5.34. The van der Waals surface area contributed by atoms with Gasteiger partial charge >= 0.3 is 0 Å². The van der Waals surface area contributed by atoms with Crippen LogP contribution < -0.4 is 4.74 Å². The Morgan fingerprint density at radius 1 is 1.13 bits per heavy atom. The molecule has 0 N–H and O–H groups in total. The molecule has 126 valence electrons. The Morgan fingerprint density at radius 2 is 1.91 bits per heavy atom. The molecule has 1 aromatic rings. The lowest BCUT2D eigenvalue weighted by Gasteiger charge is -2.22. The molecule has 0 aromatic heterocycles. The molecule has 2 aliphatic rings. The van der Waals surface area contributed by atoms with Gasteiger partial charge < -0.3 is 14.5 Å². The smallest absolute Gasteiger partial charge is 0.222 e. The van der Waals surface area contributed by atoms with Crippen LogP contribution in [0.5, 0.6) is 5.75 Å². The fourth-order valence-corrected chi connectivity index (χ4v) is 3.27. The largest absolute Gasteiger partial charge is 0.497 e. The summed E-state index contributed by atoms with van der Waals surface area (Å²) in [5.74, 6) is 2.10. The van der Waals surface area contributed by atoms with Gasteiger partial charge in [-0.1, -0.05) is 12.1 Å². The van der Waals surface area contributed by atoms with Gasteiger partial charge in [0.05, 0.1) is 7.11 Å². The molecular weight excluding hydrogens is 288 g/mol. The molecule has 1 saturated carbocycles. The number of amides is 1. The zero-order valence-electron chi connectivity index (χ0n) is 14.2. The van der Waals surface area contributed by atoms with E-state index in [2.05, 4.69) is 9.80 Å². The highest BCUT2D eigenvalue weighted by atomic mass is 16.5. The maximum Gasteiger partial charge on any atom is 0.222 e. The number of carbonyl (C=O) groups excluding carboxylic acids is 1. The van der Waals surface area contributed by atoms with Crippen molar-refractivity contribution in [2.75, 3.05) is 39.8 Å². The van der Waals surface area contributed by atoms with Crippen LogP contribution >= 0.6 is 0 Å². The normalized spacial score (nSPS) is 19.4. The van der Waals surface area contributed by atoms with Crippen molar-refractivity contribution in [2.45, 2.75) is 32.1 Å². The Hall–Kier alpha value is -1.55. The van der Waals surface area contributed by atoms with Crippen molar-refractivity contribution in [2.24, 2.45) is 5.92 Å². The predicted octanol–water partition coefficient (Wildman–Crippen LogP) is 2.57. The van der Waals surface area contributed by atoms with Gasteiger partial charge in [0.1, 0.15) is 5.75 Å². The van der Waals surface area contributed by atoms with E-state index < -0.39 is 0 Å². The SMILES string of the molecule is COc1ccc(CCC(=O)N2CCCN(CC3CC3)CC2)cc1. The molecule has 1 amide bonds. The van der Waals surface area contributed by atoms with Gasteiger partial charge in [-0.25, -0.2) is 0 Å². The summed E-state index contributed by atoms with van der Waals surface area (Å²) in [6, 6.07) is 8.01. The zero-order valence-corrected chi connectivity index (χ0v) is 14.2. The molecule has 4 heteroatoms. The highest BCUT2D eigenvalue weighted by Crippen LogP contribution is 2.29. The minimum absolute atomic E-state index is 0.300. The van der Waals surface area contributed by atoms with E-state index in [9.17, 15) is 4.79 Å². The average Bonchev–Trinajstić information content (AvgIpc) is 3.41. The van der Waals surface area contributed by atoms with Gasteiger partial charge in [0.25, 0.3) is 0 Å². The van der Waals surface area contributed by atoms with E-state index >= 15 is 0 Å². The van der Waals surface area contributed by atoms with Crippen molar-refractivity contribution >= 4 is 5.91 Å². The van der Waals surface area contributed by atoms with Crippen molar-refractivity contribution < 1.29 is 9.53 Å². The summed E-state index contributed by atoms with van der Waals surface area (Å²) in [4.78, 5) is 17.1. The lowest BCUT2D eigenvalue weighted by Crippen LogP contribution is -2.35. The van der Waals surface area contributed by atoms with Gasteiger partial charge in [0, 0.05) is 32.6 Å². The van der Waals surface area contributed by atoms with E-state index in [1.165, 1.54) is 24.9 Å². The van der Waals surface area contributed by atoms with Crippen LogP contribution in [0.4, 0.5) is 0 Å². The predicted molar refractivity (Wildman–Crippen MR) is 91.7 cm³/mol. The molecular formula is C19H28N2O2. The highest BCUT2D eigenvalue weighted by molar-refractivity contribution is 5.76. The lowest BCUT2D eigenvalue weighted by molar-refractivity contribution is -0.131.